The number of methoxy groups -OCH3 is 1. The van der Waals surface area contributed by atoms with Crippen molar-refractivity contribution in [2.75, 3.05) is 26.9 Å². The van der Waals surface area contributed by atoms with Crippen LogP contribution in [0.4, 0.5) is 0 Å². The van der Waals surface area contributed by atoms with Crippen molar-refractivity contribution >= 4 is 11.9 Å². The zero-order valence-electron chi connectivity index (χ0n) is 11.2. The third kappa shape index (κ3) is 2.97. The van der Waals surface area contributed by atoms with Gasteiger partial charge in [0.25, 0.3) is 5.91 Å². The van der Waals surface area contributed by atoms with Gasteiger partial charge in [-0.2, -0.15) is 0 Å². The summed E-state index contributed by atoms with van der Waals surface area (Å²) in [6, 6.07) is 8.06. The standard InChI is InChI=1S/C14H17NO5/c1-19-12(10-5-3-2-4-6-10)13(16)15-7-8-20-9-11(15)14(17)18/h2-6,11-12H,7-9H2,1H3,(H,17,18)/t11-,12+/m1/s1. The maximum Gasteiger partial charge on any atom is 0.328 e. The molecule has 1 aromatic carbocycles. The number of amides is 1. The summed E-state index contributed by atoms with van der Waals surface area (Å²) >= 11 is 0. The lowest BCUT2D eigenvalue weighted by Gasteiger charge is -2.34. The van der Waals surface area contributed by atoms with E-state index in [9.17, 15) is 9.59 Å². The highest BCUT2D eigenvalue weighted by molar-refractivity contribution is 5.87. The average Bonchev–Trinajstić information content (AvgIpc) is 2.49. The number of carboxylic acid groups (broad SMARTS) is 1. The highest BCUT2D eigenvalue weighted by atomic mass is 16.5. The van der Waals surface area contributed by atoms with E-state index in [1.807, 2.05) is 18.2 Å². The number of carboxylic acids is 1. The fourth-order valence-corrected chi connectivity index (χ4v) is 2.23. The maximum absolute atomic E-state index is 12.5. The van der Waals surface area contributed by atoms with E-state index in [2.05, 4.69) is 0 Å². The molecule has 1 amide bonds. The second-order valence-electron chi connectivity index (χ2n) is 4.49. The molecule has 108 valence electrons. The van der Waals surface area contributed by atoms with E-state index in [4.69, 9.17) is 14.6 Å². The first-order chi connectivity index (χ1) is 9.65. The van der Waals surface area contributed by atoms with Gasteiger partial charge in [0.15, 0.2) is 12.1 Å². The molecule has 0 radical (unpaired) electrons. The molecular weight excluding hydrogens is 262 g/mol. The Hall–Kier alpha value is -1.92. The first-order valence-corrected chi connectivity index (χ1v) is 6.34. The number of aliphatic carboxylic acids is 1. The summed E-state index contributed by atoms with van der Waals surface area (Å²) in [6.45, 7) is 0.593. The van der Waals surface area contributed by atoms with Crippen molar-refractivity contribution in [2.45, 2.75) is 12.1 Å². The number of hydrogen-bond acceptors (Lipinski definition) is 4. The van der Waals surface area contributed by atoms with Crippen molar-refractivity contribution in [3.8, 4) is 0 Å². The van der Waals surface area contributed by atoms with Crippen LogP contribution in [0, 0.1) is 0 Å². The lowest BCUT2D eigenvalue weighted by Crippen LogP contribution is -2.54. The molecule has 1 fully saturated rings. The average molecular weight is 279 g/mol. The Balaban J connectivity index is 2.21. The number of nitrogens with zero attached hydrogens (tertiary/aromatic N) is 1. The Kier molecular flexibility index (Phi) is 4.70. The first-order valence-electron chi connectivity index (χ1n) is 6.34. The van der Waals surface area contributed by atoms with Crippen molar-refractivity contribution in [2.24, 2.45) is 0 Å². The van der Waals surface area contributed by atoms with Crippen LogP contribution in [-0.2, 0) is 19.1 Å². The summed E-state index contributed by atoms with van der Waals surface area (Å²) in [5.41, 5.74) is 0.704. The molecule has 1 saturated heterocycles. The van der Waals surface area contributed by atoms with Gasteiger partial charge >= 0.3 is 5.97 Å². The van der Waals surface area contributed by atoms with E-state index >= 15 is 0 Å². The molecule has 0 aromatic heterocycles. The Bertz CT molecular complexity index is 476. The smallest absolute Gasteiger partial charge is 0.328 e. The molecule has 20 heavy (non-hydrogen) atoms. The van der Waals surface area contributed by atoms with Crippen LogP contribution in [0.5, 0.6) is 0 Å². The summed E-state index contributed by atoms with van der Waals surface area (Å²) in [7, 11) is 1.44. The van der Waals surface area contributed by atoms with Gasteiger partial charge in [-0.15, -0.1) is 0 Å². The van der Waals surface area contributed by atoms with Crippen LogP contribution in [0.15, 0.2) is 30.3 Å². The Labute approximate surface area is 116 Å². The number of morpholine rings is 1. The summed E-state index contributed by atoms with van der Waals surface area (Å²) in [5.74, 6) is -1.42. The van der Waals surface area contributed by atoms with Crippen LogP contribution in [0.25, 0.3) is 0 Å². The van der Waals surface area contributed by atoms with E-state index in [-0.39, 0.29) is 19.1 Å². The maximum atomic E-state index is 12.5. The lowest BCUT2D eigenvalue weighted by molar-refractivity contribution is -0.163. The van der Waals surface area contributed by atoms with Gasteiger partial charge in [-0.3, -0.25) is 4.79 Å². The van der Waals surface area contributed by atoms with Crippen LogP contribution in [0.1, 0.15) is 11.7 Å². The third-order valence-electron chi connectivity index (χ3n) is 3.26. The van der Waals surface area contributed by atoms with E-state index in [0.29, 0.717) is 12.2 Å². The van der Waals surface area contributed by atoms with Crippen LogP contribution >= 0.6 is 0 Å². The molecule has 6 nitrogen and oxygen atoms in total. The molecule has 1 aromatic rings. The number of hydrogen-bond donors (Lipinski definition) is 1. The second kappa shape index (κ2) is 6.49. The highest BCUT2D eigenvalue weighted by Crippen LogP contribution is 2.21. The summed E-state index contributed by atoms with van der Waals surface area (Å²) in [4.78, 5) is 25.0. The van der Waals surface area contributed by atoms with Gasteiger partial charge in [0.2, 0.25) is 0 Å². The molecule has 0 spiro atoms. The second-order valence-corrected chi connectivity index (χ2v) is 4.49. The van der Waals surface area contributed by atoms with Gasteiger partial charge < -0.3 is 19.5 Å². The van der Waals surface area contributed by atoms with Gasteiger partial charge in [0, 0.05) is 13.7 Å². The van der Waals surface area contributed by atoms with E-state index in [0.717, 1.165) is 0 Å². The lowest BCUT2D eigenvalue weighted by atomic mass is 10.1. The van der Waals surface area contributed by atoms with Crippen molar-refractivity contribution < 1.29 is 24.2 Å². The van der Waals surface area contributed by atoms with Gasteiger partial charge in [-0.1, -0.05) is 30.3 Å². The molecule has 1 aliphatic heterocycles. The Morgan fingerprint density at radius 1 is 1.40 bits per heavy atom. The number of benzene rings is 1. The summed E-state index contributed by atoms with van der Waals surface area (Å²) < 4.78 is 10.4. The van der Waals surface area contributed by atoms with Crippen molar-refractivity contribution in [1.29, 1.82) is 0 Å². The van der Waals surface area contributed by atoms with Gasteiger partial charge in [0.05, 0.1) is 13.2 Å². The molecular formula is C14H17NO5. The largest absolute Gasteiger partial charge is 0.480 e. The molecule has 1 aliphatic rings. The normalized spacial score (nSPS) is 20.4. The van der Waals surface area contributed by atoms with Crippen LogP contribution < -0.4 is 0 Å². The van der Waals surface area contributed by atoms with Crippen molar-refractivity contribution in [3.63, 3.8) is 0 Å². The first kappa shape index (κ1) is 14.5. The Morgan fingerprint density at radius 3 is 2.70 bits per heavy atom. The minimum atomic E-state index is -1.07. The fourth-order valence-electron chi connectivity index (χ4n) is 2.23. The van der Waals surface area contributed by atoms with E-state index in [1.54, 1.807) is 12.1 Å². The predicted molar refractivity (Wildman–Crippen MR) is 70.1 cm³/mol. The minimum absolute atomic E-state index is 0.00625. The predicted octanol–water partition coefficient (Wildman–Crippen LogP) is 0.686. The molecule has 6 heteroatoms. The van der Waals surface area contributed by atoms with Crippen molar-refractivity contribution in [1.82, 2.24) is 4.90 Å². The van der Waals surface area contributed by atoms with E-state index < -0.39 is 18.1 Å². The zero-order chi connectivity index (χ0) is 14.5. The Morgan fingerprint density at radius 2 is 2.10 bits per heavy atom. The molecule has 2 rings (SSSR count). The highest BCUT2D eigenvalue weighted by Gasteiger charge is 2.36. The molecule has 0 unspecified atom stereocenters. The van der Waals surface area contributed by atoms with Crippen LogP contribution in [0.2, 0.25) is 0 Å². The van der Waals surface area contributed by atoms with Crippen LogP contribution in [0.3, 0.4) is 0 Å². The molecule has 0 bridgehead atoms. The number of carbonyl (C=O) groups excluding carboxylic acids is 1. The minimum Gasteiger partial charge on any atom is -0.480 e. The molecule has 0 saturated carbocycles. The van der Waals surface area contributed by atoms with E-state index in [1.165, 1.54) is 12.0 Å². The summed E-state index contributed by atoms with van der Waals surface area (Å²) in [5, 5.41) is 9.17. The van der Waals surface area contributed by atoms with Gasteiger partial charge in [-0.05, 0) is 5.56 Å². The fraction of sp³-hybridized carbons (Fsp3) is 0.429. The molecule has 1 heterocycles. The quantitative estimate of drug-likeness (QED) is 0.877. The number of carbonyl (C=O) groups is 2. The van der Waals surface area contributed by atoms with Crippen molar-refractivity contribution in [3.05, 3.63) is 35.9 Å². The number of rotatable bonds is 4. The SMILES string of the molecule is CO[C@H](C(=O)N1CCOC[C@@H]1C(=O)O)c1ccccc1. The molecule has 2 atom stereocenters. The van der Waals surface area contributed by atoms with Gasteiger partial charge in [-0.25, -0.2) is 4.79 Å². The molecule has 0 aliphatic carbocycles. The third-order valence-corrected chi connectivity index (χ3v) is 3.26. The van der Waals surface area contributed by atoms with Crippen LogP contribution in [-0.4, -0.2) is 54.8 Å². The molecule has 1 N–H and O–H groups in total. The number of ether oxygens (including phenoxy) is 2. The van der Waals surface area contributed by atoms with Gasteiger partial charge in [0.1, 0.15) is 0 Å². The topological polar surface area (TPSA) is 76.1 Å². The zero-order valence-corrected chi connectivity index (χ0v) is 11.2. The summed E-state index contributed by atoms with van der Waals surface area (Å²) in [6.07, 6.45) is -0.795. The monoisotopic (exact) mass is 279 g/mol.